The van der Waals surface area contributed by atoms with Crippen LogP contribution in [0.5, 0.6) is 0 Å². The Bertz CT molecular complexity index is 1090. The van der Waals surface area contributed by atoms with E-state index < -0.39 is 12.2 Å². The van der Waals surface area contributed by atoms with Crippen molar-refractivity contribution in [3.05, 3.63) is 87.4 Å². The Morgan fingerprint density at radius 2 is 1.97 bits per heavy atom. The van der Waals surface area contributed by atoms with Gasteiger partial charge in [-0.3, -0.25) is 5.32 Å². The van der Waals surface area contributed by atoms with Crippen LogP contribution < -0.4 is 5.32 Å². The van der Waals surface area contributed by atoms with Crippen LogP contribution in [-0.2, 0) is 4.74 Å². The fraction of sp³-hybridized carbons (Fsp3) is 0.130. The van der Waals surface area contributed by atoms with Gasteiger partial charge < -0.3 is 4.74 Å². The number of hydrogen-bond donors (Lipinski definition) is 1. The van der Waals surface area contributed by atoms with Crippen LogP contribution >= 0.6 is 23.1 Å². The van der Waals surface area contributed by atoms with E-state index in [2.05, 4.69) is 28.1 Å². The maximum absolute atomic E-state index is 12.4. The molecule has 0 bridgehead atoms. The van der Waals surface area contributed by atoms with Gasteiger partial charge in [-0.05, 0) is 55.1 Å². The van der Waals surface area contributed by atoms with Gasteiger partial charge in [0.25, 0.3) is 0 Å². The molecule has 0 radical (unpaired) electrons. The van der Waals surface area contributed by atoms with Gasteiger partial charge in [0.1, 0.15) is 11.0 Å². The van der Waals surface area contributed by atoms with Crippen molar-refractivity contribution in [1.82, 2.24) is 4.37 Å². The highest BCUT2D eigenvalue weighted by molar-refractivity contribution is 7.07. The van der Waals surface area contributed by atoms with Crippen LogP contribution in [0.2, 0.25) is 5.02 Å². The maximum atomic E-state index is 12.4. The van der Waals surface area contributed by atoms with Gasteiger partial charge in [0.15, 0.2) is 0 Å². The molecule has 0 aliphatic heterocycles. The van der Waals surface area contributed by atoms with E-state index in [1.807, 2.05) is 49.4 Å². The number of aryl methyl sites for hydroxylation is 1. The van der Waals surface area contributed by atoms with E-state index in [-0.39, 0.29) is 0 Å². The first kappa shape index (κ1) is 20.7. The molecule has 146 valence electrons. The predicted molar refractivity (Wildman–Crippen MR) is 119 cm³/mol. The zero-order chi connectivity index (χ0) is 20.8. The number of carbonyl (C=O) groups excluding carboxylic acids is 1. The van der Waals surface area contributed by atoms with Crippen molar-refractivity contribution in [2.75, 3.05) is 5.32 Å². The Morgan fingerprint density at radius 3 is 2.66 bits per heavy atom. The van der Waals surface area contributed by atoms with Gasteiger partial charge in [-0.2, -0.15) is 4.37 Å². The summed E-state index contributed by atoms with van der Waals surface area (Å²) in [4.78, 5) is 13.1. The van der Waals surface area contributed by atoms with Gasteiger partial charge in [-0.1, -0.05) is 60.5 Å². The molecular formula is C23H19ClN2O2S. The number of halogens is 1. The molecule has 29 heavy (non-hydrogen) atoms. The molecule has 0 fully saturated rings. The quantitative estimate of drug-likeness (QED) is 0.491. The number of anilines is 1. The fourth-order valence-electron chi connectivity index (χ4n) is 2.59. The van der Waals surface area contributed by atoms with Crippen molar-refractivity contribution in [2.45, 2.75) is 20.0 Å². The summed E-state index contributed by atoms with van der Waals surface area (Å²) in [6.45, 7) is 7.32. The third-order valence-electron chi connectivity index (χ3n) is 4.18. The third kappa shape index (κ3) is 5.26. The SMILES string of the molecule is C=Cc1ccc(C#Cc2snc(C)c2NC(=O)OC(C)c2ccccc2Cl)cc1. The molecule has 1 unspecified atom stereocenters. The average Bonchev–Trinajstić information content (AvgIpc) is 3.06. The first-order valence-corrected chi connectivity index (χ1v) is 10.1. The van der Waals surface area contributed by atoms with Crippen molar-refractivity contribution in [1.29, 1.82) is 0 Å². The first-order valence-electron chi connectivity index (χ1n) is 8.90. The monoisotopic (exact) mass is 422 g/mol. The van der Waals surface area contributed by atoms with Gasteiger partial charge in [0, 0.05) is 16.1 Å². The van der Waals surface area contributed by atoms with Gasteiger partial charge in [0.2, 0.25) is 0 Å². The number of ether oxygens (including phenoxy) is 1. The molecule has 1 atom stereocenters. The molecular weight excluding hydrogens is 404 g/mol. The van der Waals surface area contributed by atoms with Crippen LogP contribution in [0.1, 0.15) is 40.3 Å². The second-order valence-corrected chi connectivity index (χ2v) is 7.42. The summed E-state index contributed by atoms with van der Waals surface area (Å²) < 4.78 is 9.77. The summed E-state index contributed by atoms with van der Waals surface area (Å²) >= 11 is 7.40. The van der Waals surface area contributed by atoms with Crippen molar-refractivity contribution in [3.63, 3.8) is 0 Å². The Morgan fingerprint density at radius 1 is 1.24 bits per heavy atom. The zero-order valence-corrected chi connectivity index (χ0v) is 17.6. The third-order valence-corrected chi connectivity index (χ3v) is 5.38. The second-order valence-electron chi connectivity index (χ2n) is 6.24. The van der Waals surface area contributed by atoms with Crippen molar-refractivity contribution in [3.8, 4) is 11.8 Å². The number of benzene rings is 2. The number of nitrogens with zero attached hydrogens (tertiary/aromatic N) is 1. The molecule has 2 aromatic carbocycles. The lowest BCUT2D eigenvalue weighted by Gasteiger charge is -2.15. The largest absolute Gasteiger partial charge is 0.441 e. The van der Waals surface area contributed by atoms with Crippen LogP contribution in [-0.4, -0.2) is 10.5 Å². The number of amides is 1. The average molecular weight is 423 g/mol. The molecule has 1 amide bonds. The summed E-state index contributed by atoms with van der Waals surface area (Å²) in [5.74, 6) is 6.17. The second kappa shape index (κ2) is 9.42. The maximum Gasteiger partial charge on any atom is 0.412 e. The molecule has 0 spiro atoms. The number of carbonyl (C=O) groups is 1. The Labute approximate surface area is 179 Å². The van der Waals surface area contributed by atoms with Gasteiger partial charge >= 0.3 is 6.09 Å². The van der Waals surface area contributed by atoms with Crippen LogP contribution in [0.15, 0.2) is 55.1 Å². The minimum Gasteiger partial charge on any atom is -0.441 e. The lowest BCUT2D eigenvalue weighted by Crippen LogP contribution is -2.17. The van der Waals surface area contributed by atoms with Gasteiger partial charge in [-0.25, -0.2) is 4.79 Å². The highest BCUT2D eigenvalue weighted by Crippen LogP contribution is 2.27. The Kier molecular flexibility index (Phi) is 6.71. The Hall–Kier alpha value is -3.07. The van der Waals surface area contributed by atoms with Gasteiger partial charge in [-0.15, -0.1) is 0 Å². The van der Waals surface area contributed by atoms with E-state index in [1.54, 1.807) is 19.1 Å². The molecule has 1 N–H and O–H groups in total. The topological polar surface area (TPSA) is 51.2 Å². The number of aromatic nitrogens is 1. The van der Waals surface area contributed by atoms with E-state index in [0.717, 1.165) is 16.7 Å². The van der Waals surface area contributed by atoms with Crippen LogP contribution in [0.25, 0.3) is 6.08 Å². The Balaban J connectivity index is 1.72. The first-order chi connectivity index (χ1) is 14.0. The van der Waals surface area contributed by atoms with Crippen LogP contribution in [0.4, 0.5) is 10.5 Å². The summed E-state index contributed by atoms with van der Waals surface area (Å²) in [5.41, 5.74) is 3.88. The van der Waals surface area contributed by atoms with Gasteiger partial charge in [0.05, 0.1) is 11.4 Å². The van der Waals surface area contributed by atoms with Crippen molar-refractivity contribution in [2.24, 2.45) is 0 Å². The number of nitrogens with one attached hydrogen (secondary N) is 1. The molecule has 4 nitrogen and oxygen atoms in total. The molecule has 3 rings (SSSR count). The van der Waals surface area contributed by atoms with E-state index in [4.69, 9.17) is 16.3 Å². The zero-order valence-electron chi connectivity index (χ0n) is 16.0. The fourth-order valence-corrected chi connectivity index (χ4v) is 3.59. The summed E-state index contributed by atoms with van der Waals surface area (Å²) in [6, 6.07) is 15.0. The number of rotatable bonds is 4. The van der Waals surface area contributed by atoms with E-state index in [9.17, 15) is 4.79 Å². The lowest BCUT2D eigenvalue weighted by atomic mass is 10.1. The van der Waals surface area contributed by atoms with E-state index in [1.165, 1.54) is 11.5 Å². The predicted octanol–water partition coefficient (Wildman–Crippen LogP) is 6.46. The normalized spacial score (nSPS) is 11.1. The molecule has 6 heteroatoms. The molecule has 0 saturated heterocycles. The number of hydrogen-bond acceptors (Lipinski definition) is 4. The molecule has 1 aromatic heterocycles. The summed E-state index contributed by atoms with van der Waals surface area (Å²) in [7, 11) is 0. The molecule has 0 aliphatic carbocycles. The van der Waals surface area contributed by atoms with Crippen LogP contribution in [0.3, 0.4) is 0 Å². The van der Waals surface area contributed by atoms with Crippen molar-refractivity contribution < 1.29 is 9.53 Å². The highest BCUT2D eigenvalue weighted by Gasteiger charge is 2.17. The minimum atomic E-state index is -0.584. The van der Waals surface area contributed by atoms with Crippen LogP contribution in [0, 0.1) is 18.8 Å². The highest BCUT2D eigenvalue weighted by atomic mass is 35.5. The van der Waals surface area contributed by atoms with E-state index >= 15 is 0 Å². The lowest BCUT2D eigenvalue weighted by molar-refractivity contribution is 0.121. The standard InChI is InChI=1S/C23H19ClN2O2S/c1-4-17-9-11-18(12-10-17)13-14-21-22(15(2)26-29-21)25-23(27)28-16(3)19-7-5-6-8-20(19)24/h4-12,16H,1H2,2-3H3,(H,25,27). The summed E-state index contributed by atoms with van der Waals surface area (Å²) in [5, 5.41) is 3.31. The molecule has 1 heterocycles. The summed E-state index contributed by atoms with van der Waals surface area (Å²) in [6.07, 6.45) is 0.703. The minimum absolute atomic E-state index is 0.492. The molecule has 0 saturated carbocycles. The van der Waals surface area contributed by atoms with E-state index in [0.29, 0.717) is 21.3 Å². The smallest absolute Gasteiger partial charge is 0.412 e. The van der Waals surface area contributed by atoms with Crippen molar-refractivity contribution >= 4 is 41.0 Å². The molecule has 0 aliphatic rings. The molecule has 3 aromatic rings.